The molecule has 0 spiro atoms. The topological polar surface area (TPSA) is 49.6 Å². The predicted molar refractivity (Wildman–Crippen MR) is 110 cm³/mol. The Balaban J connectivity index is 1.21. The maximum absolute atomic E-state index is 13.4. The number of benzene rings is 1. The van der Waals surface area contributed by atoms with Gasteiger partial charge >= 0.3 is 0 Å². The minimum absolute atomic E-state index is 0.268. The van der Waals surface area contributed by atoms with E-state index < -0.39 is 0 Å². The largest absolute Gasteiger partial charge is 0.353 e. The maximum Gasteiger partial charge on any atom is 0.151 e. The fourth-order valence-electron chi connectivity index (χ4n) is 3.72. The van der Waals surface area contributed by atoms with Crippen LogP contribution in [0.3, 0.4) is 0 Å². The van der Waals surface area contributed by atoms with Gasteiger partial charge in [-0.15, -0.1) is 10.2 Å². The Bertz CT molecular complexity index is 1080. The number of aromatic nitrogens is 4. The normalized spacial score (nSPS) is 15.1. The molecule has 146 valence electrons. The number of hydrogen-bond acceptors (Lipinski definition) is 5. The molecule has 1 aromatic carbocycles. The van der Waals surface area contributed by atoms with Gasteiger partial charge in [-0.3, -0.25) is 4.90 Å². The first-order valence-corrected chi connectivity index (χ1v) is 9.74. The van der Waals surface area contributed by atoms with Crippen LogP contribution in [0.1, 0.15) is 5.69 Å². The third kappa shape index (κ3) is 3.82. The van der Waals surface area contributed by atoms with Crippen LogP contribution in [0.2, 0.25) is 0 Å². The number of anilines is 1. The van der Waals surface area contributed by atoms with Gasteiger partial charge in [0.05, 0.1) is 11.4 Å². The fourth-order valence-corrected chi connectivity index (χ4v) is 3.72. The highest BCUT2D eigenvalue weighted by atomic mass is 19.1. The van der Waals surface area contributed by atoms with Gasteiger partial charge in [-0.1, -0.05) is 18.2 Å². The molecular formula is C22H21FN6. The Morgan fingerprint density at radius 2 is 1.79 bits per heavy atom. The van der Waals surface area contributed by atoms with Crippen molar-refractivity contribution in [3.63, 3.8) is 0 Å². The van der Waals surface area contributed by atoms with Crippen molar-refractivity contribution in [2.45, 2.75) is 6.54 Å². The molecule has 0 atom stereocenters. The summed E-state index contributed by atoms with van der Waals surface area (Å²) in [4.78, 5) is 9.34. The van der Waals surface area contributed by atoms with Gasteiger partial charge in [0.15, 0.2) is 5.82 Å². The summed E-state index contributed by atoms with van der Waals surface area (Å²) in [5, 5.41) is 8.66. The monoisotopic (exact) mass is 388 g/mol. The van der Waals surface area contributed by atoms with Crippen molar-refractivity contribution in [2.75, 3.05) is 31.1 Å². The summed E-state index contributed by atoms with van der Waals surface area (Å²) >= 11 is 0. The van der Waals surface area contributed by atoms with E-state index in [9.17, 15) is 4.39 Å². The summed E-state index contributed by atoms with van der Waals surface area (Å²) in [6.45, 7) is 4.52. The summed E-state index contributed by atoms with van der Waals surface area (Å²) in [5.41, 5.74) is 3.48. The van der Waals surface area contributed by atoms with E-state index in [0.29, 0.717) is 5.69 Å². The van der Waals surface area contributed by atoms with Crippen LogP contribution in [0.4, 0.5) is 10.2 Å². The van der Waals surface area contributed by atoms with Gasteiger partial charge < -0.3 is 9.30 Å². The molecule has 1 fully saturated rings. The number of nitrogens with zero attached hydrogens (tertiary/aromatic N) is 6. The highest BCUT2D eigenvalue weighted by Crippen LogP contribution is 2.20. The molecule has 29 heavy (non-hydrogen) atoms. The lowest BCUT2D eigenvalue weighted by Crippen LogP contribution is -2.46. The molecule has 0 amide bonds. The quantitative estimate of drug-likeness (QED) is 0.537. The van der Waals surface area contributed by atoms with Crippen LogP contribution >= 0.6 is 0 Å². The van der Waals surface area contributed by atoms with Crippen LogP contribution in [-0.2, 0) is 6.54 Å². The average molecular weight is 388 g/mol. The van der Waals surface area contributed by atoms with Crippen molar-refractivity contribution < 1.29 is 4.39 Å². The van der Waals surface area contributed by atoms with Gasteiger partial charge in [0.1, 0.15) is 11.5 Å². The molecule has 0 N–H and O–H groups in total. The molecule has 0 saturated carbocycles. The van der Waals surface area contributed by atoms with Crippen LogP contribution in [-0.4, -0.2) is 50.7 Å². The first-order valence-electron chi connectivity index (χ1n) is 9.74. The zero-order valence-electron chi connectivity index (χ0n) is 15.9. The minimum atomic E-state index is -0.268. The van der Waals surface area contributed by atoms with Gasteiger partial charge in [0.2, 0.25) is 0 Å². The molecule has 4 aromatic rings. The van der Waals surface area contributed by atoms with Crippen LogP contribution in [0, 0.1) is 5.82 Å². The Labute approximate surface area is 168 Å². The number of rotatable bonds is 4. The number of halogens is 1. The molecule has 3 aromatic heterocycles. The first kappa shape index (κ1) is 17.8. The van der Waals surface area contributed by atoms with Gasteiger partial charge in [-0.2, -0.15) is 0 Å². The van der Waals surface area contributed by atoms with Crippen molar-refractivity contribution >= 4 is 11.5 Å². The van der Waals surface area contributed by atoms with E-state index in [1.807, 2.05) is 42.6 Å². The second-order valence-corrected chi connectivity index (χ2v) is 7.25. The summed E-state index contributed by atoms with van der Waals surface area (Å²) in [6, 6.07) is 16.3. The summed E-state index contributed by atoms with van der Waals surface area (Å²) < 4.78 is 15.5. The second kappa shape index (κ2) is 7.60. The molecule has 7 heteroatoms. The smallest absolute Gasteiger partial charge is 0.151 e. The van der Waals surface area contributed by atoms with Gasteiger partial charge in [0, 0.05) is 50.7 Å². The van der Waals surface area contributed by atoms with Crippen LogP contribution in [0.15, 0.2) is 67.0 Å². The van der Waals surface area contributed by atoms with Crippen LogP contribution in [0.5, 0.6) is 0 Å². The zero-order valence-corrected chi connectivity index (χ0v) is 15.9. The molecule has 5 rings (SSSR count). The van der Waals surface area contributed by atoms with Crippen molar-refractivity contribution in [3.8, 4) is 11.3 Å². The average Bonchev–Trinajstić information content (AvgIpc) is 3.17. The zero-order chi connectivity index (χ0) is 19.6. The molecule has 0 bridgehead atoms. The third-order valence-electron chi connectivity index (χ3n) is 5.27. The van der Waals surface area contributed by atoms with E-state index in [-0.39, 0.29) is 5.82 Å². The Morgan fingerprint density at radius 1 is 0.897 bits per heavy atom. The van der Waals surface area contributed by atoms with Crippen molar-refractivity contribution in [1.29, 1.82) is 0 Å². The Kier molecular flexibility index (Phi) is 4.65. The number of pyridine rings is 1. The molecule has 6 nitrogen and oxygen atoms in total. The maximum atomic E-state index is 13.4. The van der Waals surface area contributed by atoms with Crippen molar-refractivity contribution in [2.24, 2.45) is 0 Å². The first-order chi connectivity index (χ1) is 14.2. The van der Waals surface area contributed by atoms with Crippen LogP contribution in [0.25, 0.3) is 16.9 Å². The molecule has 1 saturated heterocycles. The van der Waals surface area contributed by atoms with E-state index in [1.54, 1.807) is 6.07 Å². The minimum Gasteiger partial charge on any atom is -0.353 e. The molecule has 0 radical (unpaired) electrons. The standard InChI is InChI=1S/C22H21FN6/c23-18-5-3-4-17(14-18)20-7-8-22(26-25-20)28-12-10-27(11-13-28)15-19-16-29-9-2-1-6-21(29)24-19/h1-9,14,16H,10-13,15H2. The van der Waals surface area contributed by atoms with Crippen molar-refractivity contribution in [1.82, 2.24) is 24.5 Å². The number of imidazole rings is 1. The third-order valence-corrected chi connectivity index (χ3v) is 5.27. The molecular weight excluding hydrogens is 367 g/mol. The Morgan fingerprint density at radius 3 is 2.55 bits per heavy atom. The second-order valence-electron chi connectivity index (χ2n) is 7.25. The number of hydrogen-bond donors (Lipinski definition) is 0. The van der Waals surface area contributed by atoms with E-state index in [4.69, 9.17) is 0 Å². The number of piperazine rings is 1. The lowest BCUT2D eigenvalue weighted by molar-refractivity contribution is 0.247. The highest BCUT2D eigenvalue weighted by molar-refractivity contribution is 5.59. The molecule has 0 aliphatic carbocycles. The van der Waals surface area contributed by atoms with E-state index in [2.05, 4.69) is 35.6 Å². The van der Waals surface area contributed by atoms with E-state index >= 15 is 0 Å². The number of fused-ring (bicyclic) bond motifs is 1. The summed E-state index contributed by atoms with van der Waals surface area (Å²) in [7, 11) is 0. The molecule has 1 aliphatic heterocycles. The molecule has 4 heterocycles. The van der Waals surface area contributed by atoms with E-state index in [1.165, 1.54) is 12.1 Å². The SMILES string of the molecule is Fc1cccc(-c2ccc(N3CCN(Cc4cn5ccccc5n4)CC3)nn2)c1. The lowest BCUT2D eigenvalue weighted by atomic mass is 10.1. The van der Waals surface area contributed by atoms with Gasteiger partial charge in [-0.25, -0.2) is 9.37 Å². The summed E-state index contributed by atoms with van der Waals surface area (Å²) in [5.74, 6) is 0.590. The van der Waals surface area contributed by atoms with Crippen molar-refractivity contribution in [3.05, 3.63) is 78.5 Å². The predicted octanol–water partition coefficient (Wildman–Crippen LogP) is 3.25. The molecule has 0 unspecified atom stereocenters. The lowest BCUT2D eigenvalue weighted by Gasteiger charge is -2.34. The van der Waals surface area contributed by atoms with Crippen LogP contribution < -0.4 is 4.90 Å². The fraction of sp³-hybridized carbons (Fsp3) is 0.227. The van der Waals surface area contributed by atoms with Gasteiger partial charge in [0.25, 0.3) is 0 Å². The Hall–Kier alpha value is -3.32. The summed E-state index contributed by atoms with van der Waals surface area (Å²) in [6.07, 6.45) is 4.12. The molecule has 1 aliphatic rings. The van der Waals surface area contributed by atoms with Gasteiger partial charge in [-0.05, 0) is 36.4 Å². The highest BCUT2D eigenvalue weighted by Gasteiger charge is 2.19. The van der Waals surface area contributed by atoms with E-state index in [0.717, 1.165) is 55.4 Å².